The van der Waals surface area contributed by atoms with Crippen LogP contribution in [0.25, 0.3) is 10.9 Å². The predicted molar refractivity (Wildman–Crippen MR) is 83.0 cm³/mol. The molecule has 0 atom stereocenters. The van der Waals surface area contributed by atoms with Crippen molar-refractivity contribution in [2.24, 2.45) is 0 Å². The Morgan fingerprint density at radius 1 is 1.29 bits per heavy atom. The van der Waals surface area contributed by atoms with Crippen molar-refractivity contribution < 1.29 is 13.2 Å². The summed E-state index contributed by atoms with van der Waals surface area (Å²) >= 11 is 0. The first-order chi connectivity index (χ1) is 9.98. The van der Waals surface area contributed by atoms with Crippen LogP contribution in [0.2, 0.25) is 0 Å². The molecule has 1 aromatic heterocycles. The molecule has 2 aromatic rings. The number of rotatable bonds is 6. The van der Waals surface area contributed by atoms with Gasteiger partial charge in [0, 0.05) is 33.1 Å². The highest BCUT2D eigenvalue weighted by Crippen LogP contribution is 2.21. The zero-order valence-corrected chi connectivity index (χ0v) is 13.1. The van der Waals surface area contributed by atoms with Crippen molar-refractivity contribution >= 4 is 26.7 Å². The molecule has 0 saturated heterocycles. The van der Waals surface area contributed by atoms with Gasteiger partial charge in [-0.3, -0.25) is 0 Å². The molecule has 0 saturated carbocycles. The molecule has 0 aliphatic heterocycles. The second-order valence-electron chi connectivity index (χ2n) is 4.62. The number of likely N-dealkylation sites (N-methyl/N-ethyl adjacent to an activating group) is 1. The predicted octanol–water partition coefficient (Wildman–Crippen LogP) is 1.54. The van der Waals surface area contributed by atoms with Crippen molar-refractivity contribution in [3.05, 3.63) is 30.3 Å². The van der Waals surface area contributed by atoms with Crippen LogP contribution in [0.3, 0.4) is 0 Å². The molecular formula is C14H19N3O3S. The van der Waals surface area contributed by atoms with Crippen molar-refractivity contribution in [1.82, 2.24) is 9.29 Å². The van der Waals surface area contributed by atoms with Gasteiger partial charge in [0.25, 0.3) is 0 Å². The molecule has 0 spiro atoms. The first-order valence-corrected chi connectivity index (χ1v) is 7.97. The number of aromatic nitrogens is 1. The maximum absolute atomic E-state index is 12.4. The van der Waals surface area contributed by atoms with E-state index in [0.717, 1.165) is 16.7 Å². The Morgan fingerprint density at radius 3 is 2.71 bits per heavy atom. The van der Waals surface area contributed by atoms with Crippen molar-refractivity contribution in [3.8, 4) is 0 Å². The Bertz CT molecular complexity index is 731. The van der Waals surface area contributed by atoms with Crippen molar-refractivity contribution in [1.29, 1.82) is 0 Å². The number of fused-ring (bicyclic) bond motifs is 1. The van der Waals surface area contributed by atoms with Crippen molar-refractivity contribution in [2.45, 2.75) is 4.90 Å². The second-order valence-corrected chi connectivity index (χ2v) is 6.67. The lowest BCUT2D eigenvalue weighted by Crippen LogP contribution is -2.30. The van der Waals surface area contributed by atoms with Crippen LogP contribution in [0.5, 0.6) is 0 Å². The lowest BCUT2D eigenvalue weighted by atomic mass is 10.2. The quantitative estimate of drug-likeness (QED) is 0.876. The number of hydrogen-bond donors (Lipinski definition) is 1. The van der Waals surface area contributed by atoms with Crippen LogP contribution < -0.4 is 5.32 Å². The van der Waals surface area contributed by atoms with E-state index >= 15 is 0 Å². The van der Waals surface area contributed by atoms with Crippen LogP contribution in [0.4, 0.5) is 5.82 Å². The van der Waals surface area contributed by atoms with Crippen LogP contribution >= 0.6 is 0 Å². The molecule has 0 unspecified atom stereocenters. The third-order valence-corrected chi connectivity index (χ3v) is 5.09. The molecule has 6 nitrogen and oxygen atoms in total. The molecule has 0 fully saturated rings. The number of ether oxygens (including phenoxy) is 1. The van der Waals surface area contributed by atoms with Crippen molar-refractivity contribution in [2.75, 3.05) is 39.7 Å². The van der Waals surface area contributed by atoms with E-state index in [0.29, 0.717) is 13.2 Å². The molecule has 114 valence electrons. The lowest BCUT2D eigenvalue weighted by molar-refractivity contribution is 0.185. The maximum Gasteiger partial charge on any atom is 0.242 e. The summed E-state index contributed by atoms with van der Waals surface area (Å²) in [4.78, 5) is 4.63. The molecule has 0 aliphatic carbocycles. The van der Waals surface area contributed by atoms with Crippen LogP contribution in [0.15, 0.2) is 35.2 Å². The molecule has 0 aliphatic rings. The minimum atomic E-state index is -3.51. The van der Waals surface area contributed by atoms with Crippen LogP contribution in [0, 0.1) is 0 Å². The third-order valence-electron chi connectivity index (χ3n) is 3.24. The Hall–Kier alpha value is -1.70. The average molecular weight is 309 g/mol. The molecule has 0 amide bonds. The molecule has 1 N–H and O–H groups in total. The van der Waals surface area contributed by atoms with Gasteiger partial charge in [0.1, 0.15) is 5.82 Å². The number of sulfonamides is 1. The molecular weight excluding hydrogens is 290 g/mol. The molecule has 7 heteroatoms. The first-order valence-electron chi connectivity index (χ1n) is 6.53. The standard InChI is InChI=1S/C14H19N3O3S/c1-15-14-7-4-11-10-12(5-6-13(11)16-14)21(18,19)17(2)8-9-20-3/h4-7,10H,8-9H2,1-3H3,(H,15,16). The minimum Gasteiger partial charge on any atom is -0.383 e. The van der Waals surface area contributed by atoms with E-state index in [1.807, 2.05) is 12.1 Å². The monoisotopic (exact) mass is 309 g/mol. The van der Waals surface area contributed by atoms with E-state index < -0.39 is 10.0 Å². The highest BCUT2D eigenvalue weighted by Gasteiger charge is 2.20. The SMILES string of the molecule is CNc1ccc2cc(S(=O)(=O)N(C)CCOC)ccc2n1. The molecule has 0 radical (unpaired) electrons. The summed E-state index contributed by atoms with van der Waals surface area (Å²) < 4.78 is 31.1. The van der Waals surface area contributed by atoms with Gasteiger partial charge >= 0.3 is 0 Å². The highest BCUT2D eigenvalue weighted by molar-refractivity contribution is 7.89. The molecule has 0 bridgehead atoms. The number of methoxy groups -OCH3 is 1. The van der Waals surface area contributed by atoms with E-state index in [1.165, 1.54) is 4.31 Å². The number of hydrogen-bond acceptors (Lipinski definition) is 5. The van der Waals surface area contributed by atoms with Gasteiger partial charge in [-0.1, -0.05) is 0 Å². The van der Waals surface area contributed by atoms with Crippen LogP contribution in [-0.2, 0) is 14.8 Å². The third kappa shape index (κ3) is 3.31. The fourth-order valence-corrected chi connectivity index (χ4v) is 3.11. The molecule has 21 heavy (non-hydrogen) atoms. The summed E-state index contributed by atoms with van der Waals surface area (Å²) in [5.74, 6) is 0.746. The van der Waals surface area contributed by atoms with Gasteiger partial charge in [0.15, 0.2) is 0 Å². The second kappa shape index (κ2) is 6.38. The smallest absolute Gasteiger partial charge is 0.242 e. The van der Waals surface area contributed by atoms with Gasteiger partial charge in [0.2, 0.25) is 10.0 Å². The Morgan fingerprint density at radius 2 is 2.05 bits per heavy atom. The Labute approximate surface area is 124 Å². The van der Waals surface area contributed by atoms with Gasteiger partial charge < -0.3 is 10.1 Å². The zero-order valence-electron chi connectivity index (χ0n) is 12.3. The average Bonchev–Trinajstić information content (AvgIpc) is 2.51. The Balaban J connectivity index is 2.38. The van der Waals surface area contributed by atoms with Gasteiger partial charge in [-0.05, 0) is 30.3 Å². The summed E-state index contributed by atoms with van der Waals surface area (Å²) in [7, 11) is 1.37. The number of nitrogens with zero attached hydrogens (tertiary/aromatic N) is 2. The number of nitrogens with one attached hydrogen (secondary N) is 1. The lowest BCUT2D eigenvalue weighted by Gasteiger charge is -2.17. The van der Waals surface area contributed by atoms with Crippen molar-refractivity contribution in [3.63, 3.8) is 0 Å². The fourth-order valence-electron chi connectivity index (χ4n) is 1.92. The summed E-state index contributed by atoms with van der Waals surface area (Å²) in [5, 5.41) is 3.74. The topological polar surface area (TPSA) is 71.5 Å². The summed E-state index contributed by atoms with van der Waals surface area (Å²) in [5.41, 5.74) is 0.750. The van der Waals surface area contributed by atoms with Crippen LogP contribution in [0.1, 0.15) is 0 Å². The Kier molecular flexibility index (Phi) is 4.76. The van der Waals surface area contributed by atoms with E-state index in [9.17, 15) is 8.42 Å². The molecule has 1 aromatic carbocycles. The minimum absolute atomic E-state index is 0.257. The van der Waals surface area contributed by atoms with Gasteiger partial charge in [-0.15, -0.1) is 0 Å². The van der Waals surface area contributed by atoms with Gasteiger partial charge in [0.05, 0.1) is 17.0 Å². The van der Waals surface area contributed by atoms with Gasteiger partial charge in [-0.2, -0.15) is 4.31 Å². The number of anilines is 1. The van der Waals surface area contributed by atoms with E-state index in [-0.39, 0.29) is 4.90 Å². The fraction of sp³-hybridized carbons (Fsp3) is 0.357. The molecule has 2 rings (SSSR count). The molecule has 1 heterocycles. The van der Waals surface area contributed by atoms with E-state index in [1.54, 1.807) is 39.4 Å². The van der Waals surface area contributed by atoms with E-state index in [4.69, 9.17) is 4.74 Å². The first kappa shape index (κ1) is 15.7. The largest absolute Gasteiger partial charge is 0.383 e. The highest BCUT2D eigenvalue weighted by atomic mass is 32.2. The normalized spacial score (nSPS) is 12.0. The summed E-state index contributed by atoms with van der Waals surface area (Å²) in [6, 6.07) is 8.59. The van der Waals surface area contributed by atoms with E-state index in [2.05, 4.69) is 10.3 Å². The number of pyridine rings is 1. The van der Waals surface area contributed by atoms with Gasteiger partial charge in [-0.25, -0.2) is 13.4 Å². The summed E-state index contributed by atoms with van der Waals surface area (Å²) in [6.07, 6.45) is 0. The van der Waals surface area contributed by atoms with Crippen LogP contribution in [-0.4, -0.2) is 52.1 Å². The maximum atomic E-state index is 12.4. The zero-order chi connectivity index (χ0) is 15.5. The number of benzene rings is 1. The summed E-state index contributed by atoms with van der Waals surface area (Å²) in [6.45, 7) is 0.671.